The van der Waals surface area contributed by atoms with Crippen LogP contribution in [0, 0.1) is 0 Å². The van der Waals surface area contributed by atoms with Gasteiger partial charge in [-0.05, 0) is 48.5 Å². The zero-order valence-electron chi connectivity index (χ0n) is 22.0. The first-order valence-corrected chi connectivity index (χ1v) is 13.8. The first-order valence-electron chi connectivity index (χ1n) is 13.8. The van der Waals surface area contributed by atoms with Gasteiger partial charge in [-0.3, -0.25) is 0 Å². The van der Waals surface area contributed by atoms with Gasteiger partial charge in [0.25, 0.3) is 0 Å². The summed E-state index contributed by atoms with van der Waals surface area (Å²) >= 11 is 0. The first-order chi connectivity index (χ1) is 19.8. The third-order valence-corrected chi connectivity index (χ3v) is 8.65. The molecule has 3 aromatic heterocycles. The van der Waals surface area contributed by atoms with Crippen LogP contribution < -0.4 is 0 Å². The molecule has 3 heteroatoms. The van der Waals surface area contributed by atoms with E-state index in [2.05, 4.69) is 154 Å². The molecule has 3 nitrogen and oxygen atoms in total. The van der Waals surface area contributed by atoms with E-state index in [1.807, 2.05) is 0 Å². The number of benzene rings is 6. The van der Waals surface area contributed by atoms with Gasteiger partial charge in [0.1, 0.15) is 0 Å². The average molecular weight is 512 g/mol. The number of nitrogens with zero attached hydrogens (tertiary/aromatic N) is 3. The van der Waals surface area contributed by atoms with Gasteiger partial charge in [0.2, 0.25) is 0 Å². The van der Waals surface area contributed by atoms with Gasteiger partial charge in [0.15, 0.2) is 0 Å². The van der Waals surface area contributed by atoms with Crippen LogP contribution in [-0.2, 0) is 7.05 Å². The minimum absolute atomic E-state index is 1.20. The van der Waals surface area contributed by atoms with Crippen LogP contribution in [0.5, 0.6) is 0 Å². The molecule has 0 N–H and O–H groups in total. The number of fused-ring (bicyclic) bond motifs is 9. The summed E-state index contributed by atoms with van der Waals surface area (Å²) in [5.41, 5.74) is 9.77. The minimum Gasteiger partial charge on any atom is -0.344 e. The largest absolute Gasteiger partial charge is 0.344 e. The van der Waals surface area contributed by atoms with E-state index >= 15 is 0 Å². The normalized spacial score (nSPS) is 12.1. The van der Waals surface area contributed by atoms with Crippen molar-refractivity contribution in [3.8, 4) is 11.4 Å². The van der Waals surface area contributed by atoms with Crippen molar-refractivity contribution in [1.82, 2.24) is 13.7 Å². The predicted molar refractivity (Wildman–Crippen MR) is 169 cm³/mol. The predicted octanol–water partition coefficient (Wildman–Crippen LogP) is 9.53. The van der Waals surface area contributed by atoms with Crippen molar-refractivity contribution in [1.29, 1.82) is 0 Å². The molecule has 6 aromatic carbocycles. The van der Waals surface area contributed by atoms with E-state index in [9.17, 15) is 0 Å². The van der Waals surface area contributed by atoms with E-state index < -0.39 is 0 Å². The average Bonchev–Trinajstić information content (AvgIpc) is 3.63. The van der Waals surface area contributed by atoms with E-state index in [1.54, 1.807) is 0 Å². The highest BCUT2D eigenvalue weighted by atomic mass is 15.0. The van der Waals surface area contributed by atoms with Crippen LogP contribution in [0.4, 0.5) is 0 Å². The van der Waals surface area contributed by atoms with Crippen molar-refractivity contribution in [2.75, 3.05) is 0 Å². The molecule has 0 spiro atoms. The number of para-hydroxylation sites is 4. The fourth-order valence-electron chi connectivity index (χ4n) is 7.01. The summed E-state index contributed by atoms with van der Waals surface area (Å²) in [6.07, 6.45) is 0. The number of hydrogen-bond donors (Lipinski definition) is 0. The highest BCUT2D eigenvalue weighted by Crippen LogP contribution is 2.42. The van der Waals surface area contributed by atoms with Crippen LogP contribution in [0.15, 0.2) is 133 Å². The molecular formula is C37H25N3. The van der Waals surface area contributed by atoms with E-state index in [0.717, 1.165) is 0 Å². The molecule has 0 fully saturated rings. The SMILES string of the molecule is Cn1c2ccccc2c2c(-n3c4ccccc4c4c(-n5c6ccccc6c6ccccc65)cccc43)cccc21. The lowest BCUT2D eigenvalue weighted by atomic mass is 10.1. The first kappa shape index (κ1) is 21.6. The van der Waals surface area contributed by atoms with Crippen molar-refractivity contribution in [2.45, 2.75) is 0 Å². The lowest BCUT2D eigenvalue weighted by Crippen LogP contribution is -1.97. The summed E-state index contributed by atoms with van der Waals surface area (Å²) in [4.78, 5) is 0. The number of rotatable bonds is 2. The summed E-state index contributed by atoms with van der Waals surface area (Å²) in [7, 11) is 2.17. The van der Waals surface area contributed by atoms with Crippen LogP contribution in [0.25, 0.3) is 76.8 Å². The summed E-state index contributed by atoms with van der Waals surface area (Å²) in [5.74, 6) is 0. The third-order valence-electron chi connectivity index (χ3n) is 8.65. The summed E-state index contributed by atoms with van der Waals surface area (Å²) in [6, 6.07) is 48.5. The van der Waals surface area contributed by atoms with Crippen LogP contribution in [0.1, 0.15) is 0 Å². The fourth-order valence-corrected chi connectivity index (χ4v) is 7.01. The lowest BCUT2D eigenvalue weighted by Gasteiger charge is -2.12. The Morgan fingerprint density at radius 1 is 0.325 bits per heavy atom. The minimum atomic E-state index is 1.20. The Morgan fingerprint density at radius 3 is 1.30 bits per heavy atom. The molecule has 0 unspecified atom stereocenters. The van der Waals surface area contributed by atoms with Gasteiger partial charge >= 0.3 is 0 Å². The second kappa shape index (κ2) is 7.87. The molecule has 0 amide bonds. The van der Waals surface area contributed by atoms with Gasteiger partial charge in [0, 0.05) is 44.9 Å². The molecule has 0 saturated carbocycles. The van der Waals surface area contributed by atoms with Gasteiger partial charge in [0.05, 0.1) is 39.0 Å². The molecule has 0 aliphatic rings. The number of aromatic nitrogens is 3. The van der Waals surface area contributed by atoms with E-state index in [0.29, 0.717) is 0 Å². The third kappa shape index (κ3) is 2.69. The topological polar surface area (TPSA) is 14.8 Å². The van der Waals surface area contributed by atoms with Gasteiger partial charge in [-0.15, -0.1) is 0 Å². The number of aryl methyl sites for hydroxylation is 1. The van der Waals surface area contributed by atoms with Crippen molar-refractivity contribution in [3.05, 3.63) is 133 Å². The summed E-state index contributed by atoms with van der Waals surface area (Å²) in [5, 5.41) is 7.64. The maximum absolute atomic E-state index is 2.47. The van der Waals surface area contributed by atoms with Crippen LogP contribution in [0.3, 0.4) is 0 Å². The highest BCUT2D eigenvalue weighted by molar-refractivity contribution is 6.19. The monoisotopic (exact) mass is 511 g/mol. The Morgan fingerprint density at radius 2 is 0.700 bits per heavy atom. The Balaban J connectivity index is 1.48. The van der Waals surface area contributed by atoms with Gasteiger partial charge in [-0.1, -0.05) is 84.9 Å². The van der Waals surface area contributed by atoms with Crippen molar-refractivity contribution in [3.63, 3.8) is 0 Å². The molecule has 9 rings (SSSR count). The molecule has 0 saturated heterocycles. The Bertz CT molecular complexity index is 2390. The Labute approximate surface area is 230 Å². The van der Waals surface area contributed by atoms with Gasteiger partial charge < -0.3 is 13.7 Å². The Kier molecular flexibility index (Phi) is 4.26. The molecule has 188 valence electrons. The van der Waals surface area contributed by atoms with Crippen molar-refractivity contribution >= 4 is 65.4 Å². The van der Waals surface area contributed by atoms with Crippen molar-refractivity contribution in [2.24, 2.45) is 7.05 Å². The number of hydrogen-bond acceptors (Lipinski definition) is 0. The molecule has 0 radical (unpaired) electrons. The van der Waals surface area contributed by atoms with E-state index in [1.165, 1.54) is 76.8 Å². The van der Waals surface area contributed by atoms with Crippen LogP contribution in [-0.4, -0.2) is 13.7 Å². The fraction of sp³-hybridized carbons (Fsp3) is 0.0270. The molecule has 0 aliphatic carbocycles. The lowest BCUT2D eigenvalue weighted by molar-refractivity contribution is 1.01. The zero-order chi connectivity index (χ0) is 26.4. The second-order valence-electron chi connectivity index (χ2n) is 10.6. The molecule has 0 atom stereocenters. The van der Waals surface area contributed by atoms with E-state index in [4.69, 9.17) is 0 Å². The maximum atomic E-state index is 2.47. The van der Waals surface area contributed by atoms with Gasteiger partial charge in [-0.25, -0.2) is 0 Å². The Hall–Kier alpha value is -5.28. The molecule has 0 aliphatic heterocycles. The zero-order valence-corrected chi connectivity index (χ0v) is 22.0. The quantitative estimate of drug-likeness (QED) is 0.219. The summed E-state index contributed by atoms with van der Waals surface area (Å²) in [6.45, 7) is 0. The molecule has 40 heavy (non-hydrogen) atoms. The maximum Gasteiger partial charge on any atom is 0.0562 e. The highest BCUT2D eigenvalue weighted by Gasteiger charge is 2.21. The van der Waals surface area contributed by atoms with Gasteiger partial charge in [-0.2, -0.15) is 0 Å². The molecular weight excluding hydrogens is 486 g/mol. The molecule has 3 heterocycles. The smallest absolute Gasteiger partial charge is 0.0562 e. The van der Waals surface area contributed by atoms with E-state index in [-0.39, 0.29) is 0 Å². The second-order valence-corrected chi connectivity index (χ2v) is 10.6. The molecule has 9 aromatic rings. The molecule has 0 bridgehead atoms. The summed E-state index contributed by atoms with van der Waals surface area (Å²) < 4.78 is 7.23. The van der Waals surface area contributed by atoms with Crippen LogP contribution >= 0.6 is 0 Å². The van der Waals surface area contributed by atoms with Crippen molar-refractivity contribution < 1.29 is 0 Å². The van der Waals surface area contributed by atoms with Crippen LogP contribution in [0.2, 0.25) is 0 Å². The standard InChI is InChI=1S/C37H25N3/c1-38-28-16-6-4-14-26(28)36-32(38)20-10-21-33(36)40-31-19-9-5-15-27(31)37-34(22-11-23-35(37)40)39-29-17-7-2-12-24(29)25-13-3-8-18-30(25)39/h2-23H,1H3.